The molecule has 0 aliphatic carbocycles. The number of imidazole rings is 1. The molecule has 1 aliphatic rings. The third-order valence-corrected chi connectivity index (χ3v) is 8.17. The lowest BCUT2D eigenvalue weighted by Gasteiger charge is -2.34. The summed E-state index contributed by atoms with van der Waals surface area (Å²) in [6, 6.07) is 13.8. The Hall–Kier alpha value is -4.05. The number of ketones is 1. The number of piperidine rings is 1. The van der Waals surface area contributed by atoms with E-state index >= 15 is 0 Å². The summed E-state index contributed by atoms with van der Waals surface area (Å²) in [5.74, 6) is 2.60. The molecule has 0 spiro atoms. The Morgan fingerprint density at radius 1 is 1.15 bits per heavy atom. The number of rotatable bonds is 10. The quantitative estimate of drug-likeness (QED) is 0.179. The molecule has 9 nitrogen and oxygen atoms in total. The standard InChI is InChI=1S/C30H32N4O5S/c1-4-6-25(35)20-8-10-21(11-9-20)33-12-5-7-19(16-33)18-38-26-13-22(36-2)14-27-23(26)15-28(39-27)24-17-34-29(31-24)40-30(32-34)37-3/h8-11,13-15,17,19H,4-7,12,16,18H2,1-3H3/t19-/m0/s1. The van der Waals surface area contributed by atoms with E-state index in [1.54, 1.807) is 18.7 Å². The van der Waals surface area contributed by atoms with Crippen LogP contribution in [0.15, 0.2) is 53.1 Å². The molecule has 1 saturated heterocycles. The lowest BCUT2D eigenvalue weighted by Crippen LogP contribution is -2.37. The van der Waals surface area contributed by atoms with Crippen LogP contribution < -0.4 is 19.1 Å². The molecular formula is C30H32N4O5S. The van der Waals surface area contributed by atoms with Crippen LogP contribution in [0.5, 0.6) is 16.7 Å². The van der Waals surface area contributed by atoms with Gasteiger partial charge in [0.05, 0.1) is 32.4 Å². The number of benzene rings is 2. The van der Waals surface area contributed by atoms with Gasteiger partial charge in [-0.25, -0.2) is 9.50 Å². The second kappa shape index (κ2) is 11.2. The Morgan fingerprint density at radius 3 is 2.75 bits per heavy atom. The number of methoxy groups -OCH3 is 2. The Morgan fingerprint density at radius 2 is 2.00 bits per heavy atom. The number of nitrogens with zero attached hydrogens (tertiary/aromatic N) is 4. The first kappa shape index (κ1) is 26.2. The molecule has 6 rings (SSSR count). The highest BCUT2D eigenvalue weighted by Gasteiger charge is 2.23. The topological polar surface area (TPSA) is 91.3 Å². The van der Waals surface area contributed by atoms with Gasteiger partial charge in [-0.2, -0.15) is 0 Å². The van der Waals surface area contributed by atoms with Gasteiger partial charge in [-0.3, -0.25) is 4.79 Å². The summed E-state index contributed by atoms with van der Waals surface area (Å²) in [6.07, 6.45) is 5.46. The zero-order chi connectivity index (χ0) is 27.6. The summed E-state index contributed by atoms with van der Waals surface area (Å²) in [4.78, 5) is 20.0. The monoisotopic (exact) mass is 560 g/mol. The third kappa shape index (κ3) is 5.23. The van der Waals surface area contributed by atoms with Crippen LogP contribution in [0.1, 0.15) is 43.0 Å². The zero-order valence-electron chi connectivity index (χ0n) is 22.9. The van der Waals surface area contributed by atoms with Crippen molar-refractivity contribution < 1.29 is 23.4 Å². The van der Waals surface area contributed by atoms with Crippen molar-refractivity contribution >= 4 is 38.7 Å². The molecule has 0 radical (unpaired) electrons. The third-order valence-electron chi connectivity index (χ3n) is 7.29. The van der Waals surface area contributed by atoms with E-state index in [-0.39, 0.29) is 5.78 Å². The largest absolute Gasteiger partial charge is 0.496 e. The van der Waals surface area contributed by atoms with Crippen molar-refractivity contribution in [2.24, 2.45) is 5.92 Å². The van der Waals surface area contributed by atoms with Gasteiger partial charge in [-0.15, -0.1) is 5.10 Å². The van der Waals surface area contributed by atoms with E-state index in [0.29, 0.717) is 46.9 Å². The van der Waals surface area contributed by atoms with Crippen LogP contribution in [-0.2, 0) is 0 Å². The fraction of sp³-hybridized carbons (Fsp3) is 0.367. The maximum absolute atomic E-state index is 12.2. The minimum absolute atomic E-state index is 0.204. The Kier molecular flexibility index (Phi) is 7.34. The summed E-state index contributed by atoms with van der Waals surface area (Å²) < 4.78 is 25.0. The van der Waals surface area contributed by atoms with Crippen molar-refractivity contribution in [2.75, 3.05) is 38.8 Å². The van der Waals surface area contributed by atoms with E-state index in [0.717, 1.165) is 59.7 Å². The number of hydrogen-bond acceptors (Lipinski definition) is 9. The van der Waals surface area contributed by atoms with E-state index in [1.807, 2.05) is 43.5 Å². The van der Waals surface area contributed by atoms with Gasteiger partial charge in [0.25, 0.3) is 5.19 Å². The SMILES string of the molecule is CCCC(=O)c1ccc(N2CCC[C@H](COc3cc(OC)cc4oc(-c5cn6nc(OC)sc6n5)cc34)C2)cc1. The Labute approximate surface area is 236 Å². The number of ether oxygens (including phenoxy) is 3. The van der Waals surface area contributed by atoms with Gasteiger partial charge in [0.15, 0.2) is 11.5 Å². The summed E-state index contributed by atoms with van der Waals surface area (Å²) >= 11 is 1.37. The number of carbonyl (C=O) groups excluding carboxylic acids is 1. The van der Waals surface area contributed by atoms with Gasteiger partial charge in [0.2, 0.25) is 4.96 Å². The Balaban J connectivity index is 1.18. The fourth-order valence-electron chi connectivity index (χ4n) is 5.20. The average molecular weight is 561 g/mol. The van der Waals surface area contributed by atoms with Crippen LogP contribution in [-0.4, -0.2) is 54.3 Å². The maximum atomic E-state index is 12.2. The van der Waals surface area contributed by atoms with E-state index in [1.165, 1.54) is 11.3 Å². The van der Waals surface area contributed by atoms with Gasteiger partial charge >= 0.3 is 0 Å². The first-order chi connectivity index (χ1) is 19.5. The molecule has 40 heavy (non-hydrogen) atoms. The second-order valence-electron chi connectivity index (χ2n) is 10.1. The molecular weight excluding hydrogens is 528 g/mol. The van der Waals surface area contributed by atoms with Gasteiger partial charge in [-0.1, -0.05) is 6.92 Å². The molecule has 1 aliphatic heterocycles. The zero-order valence-corrected chi connectivity index (χ0v) is 23.7. The fourth-order valence-corrected chi connectivity index (χ4v) is 5.90. The predicted molar refractivity (Wildman–Crippen MR) is 155 cm³/mol. The van der Waals surface area contributed by atoms with Gasteiger partial charge in [0.1, 0.15) is 22.8 Å². The second-order valence-corrected chi connectivity index (χ2v) is 11.0. The van der Waals surface area contributed by atoms with Crippen molar-refractivity contribution in [1.29, 1.82) is 0 Å². The van der Waals surface area contributed by atoms with Crippen molar-refractivity contribution in [3.63, 3.8) is 0 Å². The average Bonchev–Trinajstić information content (AvgIpc) is 3.69. The molecule has 5 aromatic rings. The molecule has 0 bridgehead atoms. The van der Waals surface area contributed by atoms with Crippen LogP contribution in [0, 0.1) is 5.92 Å². The molecule has 0 amide bonds. The molecule has 0 N–H and O–H groups in total. The molecule has 3 aromatic heterocycles. The number of anilines is 1. The molecule has 10 heteroatoms. The van der Waals surface area contributed by atoms with Crippen LogP contribution in [0.25, 0.3) is 27.4 Å². The minimum atomic E-state index is 0.204. The van der Waals surface area contributed by atoms with E-state index in [9.17, 15) is 4.79 Å². The molecule has 1 atom stereocenters. The Bertz CT molecular complexity index is 1610. The summed E-state index contributed by atoms with van der Waals surface area (Å²) in [5.41, 5.74) is 3.30. The van der Waals surface area contributed by atoms with Gasteiger partial charge < -0.3 is 23.5 Å². The molecule has 1 fully saturated rings. The molecule has 4 heterocycles. The van der Waals surface area contributed by atoms with Crippen LogP contribution >= 0.6 is 11.3 Å². The van der Waals surface area contributed by atoms with Crippen LogP contribution in [0.4, 0.5) is 5.69 Å². The normalized spacial score (nSPS) is 15.6. The lowest BCUT2D eigenvalue weighted by atomic mass is 9.98. The number of hydrogen-bond donors (Lipinski definition) is 0. The summed E-state index contributed by atoms with van der Waals surface area (Å²) in [7, 11) is 3.23. The number of furan rings is 1. The van der Waals surface area contributed by atoms with E-state index in [2.05, 4.69) is 27.1 Å². The smallest absolute Gasteiger partial charge is 0.294 e. The summed E-state index contributed by atoms with van der Waals surface area (Å²) in [6.45, 7) is 4.50. The van der Waals surface area contributed by atoms with E-state index in [4.69, 9.17) is 18.6 Å². The van der Waals surface area contributed by atoms with Crippen molar-refractivity contribution in [1.82, 2.24) is 14.6 Å². The first-order valence-corrected chi connectivity index (χ1v) is 14.4. The van der Waals surface area contributed by atoms with E-state index < -0.39 is 0 Å². The molecule has 0 saturated carbocycles. The van der Waals surface area contributed by atoms with Crippen molar-refractivity contribution in [3.05, 3.63) is 54.2 Å². The summed E-state index contributed by atoms with van der Waals surface area (Å²) in [5, 5.41) is 5.78. The highest BCUT2D eigenvalue weighted by atomic mass is 32.1. The highest BCUT2D eigenvalue weighted by Crippen LogP contribution is 2.38. The number of carbonyl (C=O) groups is 1. The lowest BCUT2D eigenvalue weighted by molar-refractivity contribution is 0.0981. The van der Waals surface area contributed by atoms with Crippen molar-refractivity contribution in [3.8, 4) is 28.1 Å². The minimum Gasteiger partial charge on any atom is -0.496 e. The van der Waals surface area contributed by atoms with Crippen LogP contribution in [0.3, 0.4) is 0 Å². The van der Waals surface area contributed by atoms with Crippen molar-refractivity contribution in [2.45, 2.75) is 32.6 Å². The molecule has 0 unspecified atom stereocenters. The van der Waals surface area contributed by atoms with Gasteiger partial charge in [0, 0.05) is 48.8 Å². The van der Waals surface area contributed by atoms with Crippen LogP contribution in [0.2, 0.25) is 0 Å². The number of fused-ring (bicyclic) bond motifs is 2. The number of aromatic nitrogens is 3. The first-order valence-electron chi connectivity index (χ1n) is 13.6. The predicted octanol–water partition coefficient (Wildman–Crippen LogP) is 6.50. The van der Waals surface area contributed by atoms with Gasteiger partial charge in [-0.05, 0) is 60.9 Å². The molecule has 208 valence electrons. The number of Topliss-reactive ketones (excluding diaryl/α,β-unsaturated/α-hetero) is 1. The molecule has 2 aromatic carbocycles. The maximum Gasteiger partial charge on any atom is 0.294 e. The highest BCUT2D eigenvalue weighted by molar-refractivity contribution is 7.18.